The lowest BCUT2D eigenvalue weighted by Gasteiger charge is -2.18. The molecule has 3 rings (SSSR count). The third kappa shape index (κ3) is 7.09. The fourth-order valence-electron chi connectivity index (χ4n) is 3.48. The molecule has 2 aromatic carbocycles. The number of unbranched alkanes of at least 4 members (excludes halogenated alkanes) is 1. The number of carbonyl (C=O) groups excluding carboxylic acids is 1. The van der Waals surface area contributed by atoms with Crippen molar-refractivity contribution in [2.75, 3.05) is 13.1 Å². The number of benzene rings is 2. The number of fused-ring (bicyclic) bond motifs is 1. The third-order valence-corrected chi connectivity index (χ3v) is 6.10. The van der Waals surface area contributed by atoms with Crippen molar-refractivity contribution in [3.05, 3.63) is 63.3 Å². The number of aromatic hydroxyl groups is 1. The molecule has 8 heteroatoms. The molecule has 0 saturated heterocycles. The van der Waals surface area contributed by atoms with Crippen LogP contribution in [-0.4, -0.2) is 35.1 Å². The van der Waals surface area contributed by atoms with Gasteiger partial charge in [-0.05, 0) is 43.0 Å². The summed E-state index contributed by atoms with van der Waals surface area (Å²) in [5.41, 5.74) is 2.68. The zero-order valence-electron chi connectivity index (χ0n) is 17.6. The Bertz CT molecular complexity index is 1020. The van der Waals surface area contributed by atoms with Gasteiger partial charge in [-0.2, -0.15) is 0 Å². The van der Waals surface area contributed by atoms with Crippen LogP contribution in [0.1, 0.15) is 37.3 Å². The van der Waals surface area contributed by atoms with Crippen LogP contribution in [0.15, 0.2) is 47.3 Å². The van der Waals surface area contributed by atoms with Gasteiger partial charge >= 0.3 is 4.87 Å². The molecule has 0 spiro atoms. The molecule has 0 aliphatic rings. The number of H-pyrrole nitrogens is 1. The second kappa shape index (κ2) is 12.5. The van der Waals surface area contributed by atoms with Gasteiger partial charge in [0.15, 0.2) is 0 Å². The number of aromatic amines is 1. The molecule has 0 aliphatic heterocycles. The molecule has 0 aliphatic carbocycles. The number of hydrogen-bond donors (Lipinski definition) is 4. The molecule has 0 fully saturated rings. The normalized spacial score (nSPS) is 11.8. The van der Waals surface area contributed by atoms with Crippen LogP contribution in [-0.2, 0) is 17.6 Å². The molecule has 4 N–H and O–H groups in total. The van der Waals surface area contributed by atoms with E-state index in [1.165, 1.54) is 5.56 Å². The van der Waals surface area contributed by atoms with Crippen molar-refractivity contribution in [2.24, 2.45) is 0 Å². The number of hydrogen-bond acceptors (Lipinski definition) is 5. The Morgan fingerprint density at radius 2 is 1.90 bits per heavy atom. The van der Waals surface area contributed by atoms with Crippen LogP contribution in [0.2, 0.25) is 0 Å². The number of aromatic nitrogens is 1. The summed E-state index contributed by atoms with van der Waals surface area (Å²) in [6, 6.07) is 13.3. The molecule has 0 saturated carbocycles. The molecule has 31 heavy (non-hydrogen) atoms. The van der Waals surface area contributed by atoms with Crippen LogP contribution in [0, 0.1) is 0 Å². The Kier molecular flexibility index (Phi) is 10.0. The zero-order valence-corrected chi connectivity index (χ0v) is 19.3. The van der Waals surface area contributed by atoms with Crippen LogP contribution in [0.4, 0.5) is 0 Å². The van der Waals surface area contributed by atoms with Crippen LogP contribution in [0.5, 0.6) is 5.75 Å². The number of halogens is 1. The minimum Gasteiger partial charge on any atom is -0.506 e. The maximum absolute atomic E-state index is 12.7. The van der Waals surface area contributed by atoms with Crippen molar-refractivity contribution in [1.29, 1.82) is 0 Å². The molecule has 0 radical (unpaired) electrons. The molecule has 3 aromatic rings. The smallest absolute Gasteiger partial charge is 0.305 e. The molecule has 1 heterocycles. The number of phenols is 1. The molecule has 1 amide bonds. The van der Waals surface area contributed by atoms with E-state index in [-0.39, 0.29) is 35.0 Å². The maximum atomic E-state index is 12.7. The molecule has 1 unspecified atom stereocenters. The molecule has 168 valence electrons. The van der Waals surface area contributed by atoms with Crippen LogP contribution in [0.25, 0.3) is 10.2 Å². The summed E-state index contributed by atoms with van der Waals surface area (Å²) in [7, 11) is 0. The van der Waals surface area contributed by atoms with Crippen LogP contribution < -0.4 is 15.5 Å². The Hall–Kier alpha value is -2.35. The van der Waals surface area contributed by atoms with E-state index < -0.39 is 0 Å². The van der Waals surface area contributed by atoms with E-state index in [4.69, 9.17) is 0 Å². The third-order valence-electron chi connectivity index (χ3n) is 5.14. The van der Waals surface area contributed by atoms with E-state index in [0.717, 1.165) is 47.3 Å². The molecule has 1 atom stereocenters. The average Bonchev–Trinajstić information content (AvgIpc) is 3.15. The molecule has 1 aromatic heterocycles. The van der Waals surface area contributed by atoms with Gasteiger partial charge in [0.25, 0.3) is 0 Å². The predicted octanol–water partition coefficient (Wildman–Crippen LogP) is 3.77. The first-order chi connectivity index (χ1) is 14.6. The van der Waals surface area contributed by atoms with Gasteiger partial charge in [0.1, 0.15) is 11.3 Å². The van der Waals surface area contributed by atoms with Gasteiger partial charge in [-0.3, -0.25) is 9.59 Å². The fourth-order valence-corrected chi connectivity index (χ4v) is 4.38. The number of nitrogens with one attached hydrogen (secondary N) is 3. The number of thiazole rings is 1. The lowest BCUT2D eigenvalue weighted by atomic mass is 10.1. The number of phenolic OH excluding ortho intramolecular Hbond substituents is 1. The van der Waals surface area contributed by atoms with E-state index in [0.29, 0.717) is 25.0 Å². The zero-order chi connectivity index (χ0) is 21.3. The first-order valence-electron chi connectivity index (χ1n) is 10.5. The standard InChI is InChI=1S/C23H29N3O3S.ClH/c1-2-3-9-18(22(28)25-14-12-16-7-5-4-6-8-16)24-15-13-17-10-11-19(27)20-21(17)30-23(29)26-20;/h4-8,10-11,18,24,27H,2-3,9,12-15H2,1H3,(H,25,28)(H,26,29);1H. The summed E-state index contributed by atoms with van der Waals surface area (Å²) in [6.45, 7) is 3.35. The van der Waals surface area contributed by atoms with E-state index in [2.05, 4.69) is 34.7 Å². The Morgan fingerprint density at radius 1 is 1.13 bits per heavy atom. The van der Waals surface area contributed by atoms with E-state index >= 15 is 0 Å². The fraction of sp³-hybridized carbons (Fsp3) is 0.391. The Morgan fingerprint density at radius 3 is 2.65 bits per heavy atom. The first-order valence-corrected chi connectivity index (χ1v) is 11.3. The van der Waals surface area contributed by atoms with Crippen LogP contribution >= 0.6 is 23.7 Å². The minimum atomic E-state index is -0.238. The van der Waals surface area contributed by atoms with Crippen molar-refractivity contribution < 1.29 is 9.90 Å². The SMILES string of the molecule is CCCCC(NCCc1ccc(O)c2[nH]c(=O)sc12)C(=O)NCCc1ccccc1.Cl. The maximum Gasteiger partial charge on any atom is 0.305 e. The van der Waals surface area contributed by atoms with E-state index in [1.54, 1.807) is 6.07 Å². The van der Waals surface area contributed by atoms with Gasteiger partial charge in [-0.25, -0.2) is 0 Å². The van der Waals surface area contributed by atoms with Crippen molar-refractivity contribution >= 4 is 39.9 Å². The van der Waals surface area contributed by atoms with Crippen molar-refractivity contribution in [1.82, 2.24) is 15.6 Å². The highest BCUT2D eigenvalue weighted by molar-refractivity contribution is 7.16. The summed E-state index contributed by atoms with van der Waals surface area (Å²) < 4.78 is 0.777. The second-order valence-electron chi connectivity index (χ2n) is 7.39. The summed E-state index contributed by atoms with van der Waals surface area (Å²) in [4.78, 5) is 26.9. The van der Waals surface area contributed by atoms with Gasteiger partial charge in [0.05, 0.1) is 10.7 Å². The summed E-state index contributed by atoms with van der Waals surface area (Å²) >= 11 is 1.10. The highest BCUT2D eigenvalue weighted by atomic mass is 35.5. The first kappa shape index (κ1) is 24.9. The lowest BCUT2D eigenvalue weighted by Crippen LogP contribution is -2.45. The summed E-state index contributed by atoms with van der Waals surface area (Å²) in [5.74, 6) is 0.111. The summed E-state index contributed by atoms with van der Waals surface area (Å²) in [5, 5.41) is 16.4. The van der Waals surface area contributed by atoms with E-state index in [9.17, 15) is 14.7 Å². The molecule has 0 bridgehead atoms. The quantitative estimate of drug-likeness (QED) is 0.348. The van der Waals surface area contributed by atoms with Gasteiger partial charge < -0.3 is 20.7 Å². The van der Waals surface area contributed by atoms with Gasteiger partial charge in [-0.15, -0.1) is 12.4 Å². The molecular formula is C23H30ClN3O3S. The molecule has 6 nitrogen and oxygen atoms in total. The van der Waals surface area contributed by atoms with Gasteiger partial charge in [0, 0.05) is 6.54 Å². The van der Waals surface area contributed by atoms with Crippen molar-refractivity contribution in [2.45, 2.75) is 45.1 Å². The number of carbonyl (C=O) groups is 1. The largest absolute Gasteiger partial charge is 0.506 e. The minimum absolute atomic E-state index is 0. The van der Waals surface area contributed by atoms with Gasteiger partial charge in [0.2, 0.25) is 5.91 Å². The predicted molar refractivity (Wildman–Crippen MR) is 130 cm³/mol. The highest BCUT2D eigenvalue weighted by Crippen LogP contribution is 2.27. The lowest BCUT2D eigenvalue weighted by molar-refractivity contribution is -0.123. The number of amides is 1. The van der Waals surface area contributed by atoms with Crippen molar-refractivity contribution in [3.8, 4) is 5.75 Å². The summed E-state index contributed by atoms with van der Waals surface area (Å²) in [6.07, 6.45) is 4.28. The van der Waals surface area contributed by atoms with E-state index in [1.807, 2.05) is 24.3 Å². The monoisotopic (exact) mass is 463 g/mol. The Labute approximate surface area is 192 Å². The highest BCUT2D eigenvalue weighted by Gasteiger charge is 2.17. The topological polar surface area (TPSA) is 94.2 Å². The molecular weight excluding hydrogens is 434 g/mol. The van der Waals surface area contributed by atoms with Gasteiger partial charge in [-0.1, -0.05) is 67.5 Å². The second-order valence-corrected chi connectivity index (χ2v) is 8.37. The Balaban J connectivity index is 0.00000341. The van der Waals surface area contributed by atoms with Crippen LogP contribution in [0.3, 0.4) is 0 Å². The van der Waals surface area contributed by atoms with Crippen molar-refractivity contribution in [3.63, 3.8) is 0 Å². The number of rotatable bonds is 11. The average molecular weight is 464 g/mol.